The Morgan fingerprint density at radius 2 is 1.85 bits per heavy atom. The van der Waals surface area contributed by atoms with Crippen LogP contribution in [0.3, 0.4) is 0 Å². The molecule has 0 fully saturated rings. The lowest BCUT2D eigenvalue weighted by Gasteiger charge is -2.14. The quantitative estimate of drug-likeness (QED) is 0.660. The lowest BCUT2D eigenvalue weighted by atomic mass is 10.1. The van der Waals surface area contributed by atoms with Crippen molar-refractivity contribution in [2.75, 3.05) is 7.11 Å². The van der Waals surface area contributed by atoms with E-state index in [0.717, 1.165) is 16.5 Å². The molecule has 3 amide bonds. The molecule has 0 saturated heterocycles. The highest BCUT2D eigenvalue weighted by Gasteiger charge is 2.14. The van der Waals surface area contributed by atoms with Crippen molar-refractivity contribution in [1.82, 2.24) is 15.6 Å². The Balaban J connectivity index is 1.56. The fraction of sp³-hybridized carbons (Fsp3) is 0.200. The van der Waals surface area contributed by atoms with Crippen molar-refractivity contribution in [2.45, 2.75) is 19.4 Å². The SMILES string of the molecule is COc1ccc(C(=O)NC(=O)N[C@@H](C)Cc2c[nH]c3ccccc23)cc1. The highest BCUT2D eigenvalue weighted by atomic mass is 16.5. The first-order valence-corrected chi connectivity index (χ1v) is 8.37. The normalized spacial score (nSPS) is 11.8. The molecular formula is C20H21N3O3. The van der Waals surface area contributed by atoms with Crippen molar-refractivity contribution in [2.24, 2.45) is 0 Å². The third kappa shape index (κ3) is 4.03. The van der Waals surface area contributed by atoms with Gasteiger partial charge in [0.05, 0.1) is 7.11 Å². The molecule has 1 aromatic heterocycles. The topological polar surface area (TPSA) is 83.2 Å². The van der Waals surface area contributed by atoms with Gasteiger partial charge in [0.25, 0.3) is 5.91 Å². The van der Waals surface area contributed by atoms with Gasteiger partial charge in [0.1, 0.15) is 5.75 Å². The number of carbonyl (C=O) groups excluding carboxylic acids is 2. The van der Waals surface area contributed by atoms with Crippen molar-refractivity contribution in [1.29, 1.82) is 0 Å². The minimum atomic E-state index is -0.516. The number of H-pyrrole nitrogens is 1. The third-order valence-corrected chi connectivity index (χ3v) is 4.16. The molecule has 0 aliphatic rings. The molecule has 3 aromatic rings. The van der Waals surface area contributed by atoms with E-state index in [-0.39, 0.29) is 6.04 Å². The van der Waals surface area contributed by atoms with E-state index < -0.39 is 11.9 Å². The Labute approximate surface area is 151 Å². The molecule has 1 atom stereocenters. The number of aromatic amines is 1. The zero-order chi connectivity index (χ0) is 18.5. The van der Waals surface area contributed by atoms with Gasteiger partial charge in [-0.1, -0.05) is 18.2 Å². The number of ether oxygens (including phenoxy) is 1. The third-order valence-electron chi connectivity index (χ3n) is 4.16. The van der Waals surface area contributed by atoms with Crippen LogP contribution in [0.1, 0.15) is 22.8 Å². The molecule has 6 heteroatoms. The number of aromatic nitrogens is 1. The lowest BCUT2D eigenvalue weighted by molar-refractivity contribution is 0.0963. The maximum absolute atomic E-state index is 12.1. The van der Waals surface area contributed by atoms with Gasteiger partial charge < -0.3 is 15.0 Å². The second-order valence-electron chi connectivity index (χ2n) is 6.12. The molecular weight excluding hydrogens is 330 g/mol. The van der Waals surface area contributed by atoms with Gasteiger partial charge in [-0.05, 0) is 49.2 Å². The van der Waals surface area contributed by atoms with Crippen LogP contribution in [0.25, 0.3) is 10.9 Å². The highest BCUT2D eigenvalue weighted by Crippen LogP contribution is 2.19. The van der Waals surface area contributed by atoms with Crippen molar-refractivity contribution in [3.8, 4) is 5.75 Å². The summed E-state index contributed by atoms with van der Waals surface area (Å²) in [6.07, 6.45) is 2.61. The first-order valence-electron chi connectivity index (χ1n) is 8.37. The molecule has 26 heavy (non-hydrogen) atoms. The van der Waals surface area contributed by atoms with Crippen LogP contribution in [0, 0.1) is 0 Å². The molecule has 0 aliphatic heterocycles. The summed E-state index contributed by atoms with van der Waals surface area (Å²) in [6.45, 7) is 1.90. The summed E-state index contributed by atoms with van der Waals surface area (Å²) < 4.78 is 5.05. The van der Waals surface area contributed by atoms with Crippen LogP contribution < -0.4 is 15.4 Å². The number of amides is 3. The molecule has 3 rings (SSSR count). The average Bonchev–Trinajstić information content (AvgIpc) is 3.04. The first kappa shape index (κ1) is 17.5. The molecule has 134 valence electrons. The summed E-state index contributed by atoms with van der Waals surface area (Å²) in [5, 5.41) is 6.28. The van der Waals surface area contributed by atoms with E-state index in [9.17, 15) is 9.59 Å². The predicted molar refractivity (Wildman–Crippen MR) is 100 cm³/mol. The number of para-hydroxylation sites is 1. The van der Waals surface area contributed by atoms with Gasteiger partial charge in [0.2, 0.25) is 0 Å². The van der Waals surface area contributed by atoms with Crippen LogP contribution in [0.15, 0.2) is 54.7 Å². The summed E-state index contributed by atoms with van der Waals surface area (Å²) >= 11 is 0. The molecule has 0 aliphatic carbocycles. The molecule has 0 spiro atoms. The number of methoxy groups -OCH3 is 1. The summed E-state index contributed by atoms with van der Waals surface area (Å²) in [6, 6.07) is 13.9. The fourth-order valence-electron chi connectivity index (χ4n) is 2.86. The van der Waals surface area contributed by atoms with Crippen LogP contribution in [0.2, 0.25) is 0 Å². The van der Waals surface area contributed by atoms with Crippen LogP contribution in [0.5, 0.6) is 5.75 Å². The van der Waals surface area contributed by atoms with Crippen molar-refractivity contribution in [3.05, 3.63) is 65.9 Å². The van der Waals surface area contributed by atoms with E-state index in [0.29, 0.717) is 17.7 Å². The number of imide groups is 1. The minimum absolute atomic E-state index is 0.127. The molecule has 3 N–H and O–H groups in total. The Kier molecular flexibility index (Phi) is 5.22. The van der Waals surface area contributed by atoms with E-state index in [1.165, 1.54) is 0 Å². The molecule has 6 nitrogen and oxygen atoms in total. The predicted octanol–water partition coefficient (Wildman–Crippen LogP) is 3.25. The van der Waals surface area contributed by atoms with Gasteiger partial charge >= 0.3 is 6.03 Å². The number of urea groups is 1. The molecule has 2 aromatic carbocycles. The van der Waals surface area contributed by atoms with E-state index in [4.69, 9.17) is 4.74 Å². The van der Waals surface area contributed by atoms with Crippen molar-refractivity contribution >= 4 is 22.8 Å². The van der Waals surface area contributed by atoms with Gasteiger partial charge in [-0.25, -0.2) is 4.79 Å². The number of benzene rings is 2. The number of carbonyl (C=O) groups is 2. The van der Waals surface area contributed by atoms with Crippen LogP contribution in [-0.2, 0) is 6.42 Å². The molecule has 0 unspecified atom stereocenters. The van der Waals surface area contributed by atoms with E-state index in [1.807, 2.05) is 37.4 Å². The van der Waals surface area contributed by atoms with E-state index in [2.05, 4.69) is 15.6 Å². The number of hydrogen-bond acceptors (Lipinski definition) is 3. The van der Waals surface area contributed by atoms with E-state index in [1.54, 1.807) is 31.4 Å². The number of rotatable bonds is 5. The first-order chi connectivity index (χ1) is 12.6. The van der Waals surface area contributed by atoms with Gasteiger partial charge in [0.15, 0.2) is 0 Å². The smallest absolute Gasteiger partial charge is 0.321 e. The van der Waals surface area contributed by atoms with Crippen LogP contribution in [0.4, 0.5) is 4.79 Å². The van der Waals surface area contributed by atoms with Gasteiger partial charge in [-0.3, -0.25) is 10.1 Å². The van der Waals surface area contributed by atoms with E-state index >= 15 is 0 Å². The minimum Gasteiger partial charge on any atom is -0.497 e. The number of nitrogens with one attached hydrogen (secondary N) is 3. The number of hydrogen-bond donors (Lipinski definition) is 3. The maximum Gasteiger partial charge on any atom is 0.321 e. The largest absolute Gasteiger partial charge is 0.497 e. The van der Waals surface area contributed by atoms with Crippen LogP contribution >= 0.6 is 0 Å². The monoisotopic (exact) mass is 351 g/mol. The second kappa shape index (κ2) is 7.74. The summed E-state index contributed by atoms with van der Waals surface area (Å²) in [5.41, 5.74) is 2.58. The van der Waals surface area contributed by atoms with Gasteiger partial charge in [-0.15, -0.1) is 0 Å². The lowest BCUT2D eigenvalue weighted by Crippen LogP contribution is -2.44. The highest BCUT2D eigenvalue weighted by molar-refractivity contribution is 6.04. The number of fused-ring (bicyclic) bond motifs is 1. The van der Waals surface area contributed by atoms with Crippen LogP contribution in [-0.4, -0.2) is 30.1 Å². The fourth-order valence-corrected chi connectivity index (χ4v) is 2.86. The summed E-state index contributed by atoms with van der Waals surface area (Å²) in [4.78, 5) is 27.4. The van der Waals surface area contributed by atoms with Crippen molar-refractivity contribution in [3.63, 3.8) is 0 Å². The summed E-state index contributed by atoms with van der Waals surface area (Å²) in [5.74, 6) is 0.197. The standard InChI is InChI=1S/C20H21N3O3/c1-13(11-15-12-21-18-6-4-3-5-17(15)18)22-20(25)23-19(24)14-7-9-16(26-2)10-8-14/h3-10,12-13,21H,11H2,1-2H3,(H2,22,23,24,25)/t13-/m0/s1. The zero-order valence-corrected chi connectivity index (χ0v) is 14.7. The molecule has 0 bridgehead atoms. The molecule has 1 heterocycles. The molecule has 0 radical (unpaired) electrons. The Bertz CT molecular complexity index is 915. The Morgan fingerprint density at radius 3 is 2.58 bits per heavy atom. The van der Waals surface area contributed by atoms with Crippen molar-refractivity contribution < 1.29 is 14.3 Å². The second-order valence-corrected chi connectivity index (χ2v) is 6.12. The Hall–Kier alpha value is -3.28. The van der Waals surface area contributed by atoms with Gasteiger partial charge in [-0.2, -0.15) is 0 Å². The summed E-state index contributed by atoms with van der Waals surface area (Å²) in [7, 11) is 1.55. The molecule has 0 saturated carbocycles. The van der Waals surface area contributed by atoms with Gasteiger partial charge in [0, 0.05) is 28.7 Å². The Morgan fingerprint density at radius 1 is 1.12 bits per heavy atom. The zero-order valence-electron chi connectivity index (χ0n) is 14.7. The average molecular weight is 351 g/mol. The maximum atomic E-state index is 12.1.